The van der Waals surface area contributed by atoms with Crippen LogP contribution in [0.1, 0.15) is 13.8 Å². The van der Waals surface area contributed by atoms with Crippen LogP contribution in [0.5, 0.6) is 5.75 Å². The van der Waals surface area contributed by atoms with Crippen LogP contribution in [0.4, 0.5) is 5.69 Å². The highest BCUT2D eigenvalue weighted by Gasteiger charge is 2.25. The molecule has 1 N–H and O–H groups in total. The third-order valence-corrected chi connectivity index (χ3v) is 6.24. The molecule has 0 aliphatic carbocycles. The summed E-state index contributed by atoms with van der Waals surface area (Å²) in [5, 5.41) is 3.11. The molecule has 9 heteroatoms. The van der Waals surface area contributed by atoms with E-state index in [0.717, 1.165) is 4.31 Å². The molecule has 2 aromatic rings. The molecular weight excluding hydrogens is 411 g/mol. The highest BCUT2D eigenvalue weighted by molar-refractivity contribution is 7.89. The second-order valence-electron chi connectivity index (χ2n) is 5.48. The van der Waals surface area contributed by atoms with Gasteiger partial charge in [0, 0.05) is 6.54 Å². The van der Waals surface area contributed by atoms with E-state index in [4.69, 9.17) is 27.9 Å². The molecule has 2 aromatic carbocycles. The van der Waals surface area contributed by atoms with E-state index in [-0.39, 0.29) is 33.7 Å². The number of hydrogen-bond acceptors (Lipinski definition) is 4. The summed E-state index contributed by atoms with van der Waals surface area (Å²) in [6.45, 7) is 3.74. The second kappa shape index (κ2) is 9.41. The third-order valence-electron chi connectivity index (χ3n) is 3.67. The van der Waals surface area contributed by atoms with Crippen molar-refractivity contribution in [2.45, 2.75) is 18.7 Å². The van der Waals surface area contributed by atoms with Crippen molar-refractivity contribution in [1.29, 1.82) is 0 Å². The lowest BCUT2D eigenvalue weighted by Gasteiger charge is -2.20. The number of hydrogen-bond donors (Lipinski definition) is 1. The van der Waals surface area contributed by atoms with Gasteiger partial charge in [0.15, 0.2) is 0 Å². The number of rotatable bonds is 8. The van der Waals surface area contributed by atoms with E-state index < -0.39 is 15.9 Å². The van der Waals surface area contributed by atoms with Crippen molar-refractivity contribution in [1.82, 2.24) is 4.31 Å². The summed E-state index contributed by atoms with van der Waals surface area (Å²) >= 11 is 12.1. The van der Waals surface area contributed by atoms with Crippen LogP contribution in [-0.4, -0.2) is 38.3 Å². The Bertz CT molecular complexity index is 882. The zero-order chi connectivity index (χ0) is 20.0. The smallest absolute Gasteiger partial charge is 0.243 e. The topological polar surface area (TPSA) is 75.7 Å². The van der Waals surface area contributed by atoms with Crippen LogP contribution in [-0.2, 0) is 14.8 Å². The summed E-state index contributed by atoms with van der Waals surface area (Å²) in [7, 11) is -3.84. The number of carbonyl (C=O) groups is 1. The second-order valence-corrected chi connectivity index (χ2v) is 8.23. The predicted molar refractivity (Wildman–Crippen MR) is 107 cm³/mol. The summed E-state index contributed by atoms with van der Waals surface area (Å²) in [5.74, 6) is 0.0342. The van der Waals surface area contributed by atoms with E-state index >= 15 is 0 Å². The summed E-state index contributed by atoms with van der Waals surface area (Å²) < 4.78 is 32.0. The highest BCUT2D eigenvalue weighted by Crippen LogP contribution is 2.29. The molecule has 0 heterocycles. The minimum absolute atomic E-state index is 0.0800. The Labute approximate surface area is 169 Å². The molecule has 27 heavy (non-hydrogen) atoms. The van der Waals surface area contributed by atoms with Gasteiger partial charge < -0.3 is 10.1 Å². The lowest BCUT2D eigenvalue weighted by Crippen LogP contribution is -2.37. The van der Waals surface area contributed by atoms with Crippen LogP contribution in [0.15, 0.2) is 47.4 Å². The molecular formula is C18H20Cl2N2O4S. The number of amides is 1. The Morgan fingerprint density at radius 3 is 2.19 bits per heavy atom. The first kappa shape index (κ1) is 21.5. The number of halogens is 2. The van der Waals surface area contributed by atoms with Crippen LogP contribution in [0.2, 0.25) is 10.0 Å². The monoisotopic (exact) mass is 430 g/mol. The quantitative estimate of drug-likeness (QED) is 0.685. The van der Waals surface area contributed by atoms with Crippen LogP contribution < -0.4 is 10.1 Å². The SMILES string of the molecule is CCOc1ccc(S(=O)(=O)N(CC)CC(=O)Nc2c(Cl)cccc2Cl)cc1. The zero-order valence-corrected chi connectivity index (χ0v) is 17.2. The number of ether oxygens (including phenoxy) is 1. The predicted octanol–water partition coefficient (Wildman–Crippen LogP) is 4.04. The number of para-hydroxylation sites is 1. The maximum Gasteiger partial charge on any atom is 0.243 e. The molecule has 0 spiro atoms. The lowest BCUT2D eigenvalue weighted by molar-refractivity contribution is -0.116. The van der Waals surface area contributed by atoms with Gasteiger partial charge in [0.1, 0.15) is 5.75 Å². The lowest BCUT2D eigenvalue weighted by atomic mass is 10.3. The van der Waals surface area contributed by atoms with E-state index in [0.29, 0.717) is 12.4 Å². The Kier molecular flexibility index (Phi) is 7.49. The molecule has 146 valence electrons. The number of nitrogens with one attached hydrogen (secondary N) is 1. The van der Waals surface area contributed by atoms with Gasteiger partial charge in [-0.1, -0.05) is 36.2 Å². The molecule has 1 amide bonds. The van der Waals surface area contributed by atoms with Crippen molar-refractivity contribution >= 4 is 44.8 Å². The number of benzene rings is 2. The minimum atomic E-state index is -3.84. The Morgan fingerprint density at radius 2 is 1.67 bits per heavy atom. The number of sulfonamides is 1. The number of carbonyl (C=O) groups excluding carboxylic acids is 1. The average molecular weight is 431 g/mol. The molecule has 0 saturated carbocycles. The first-order valence-corrected chi connectivity index (χ1v) is 10.5. The van der Waals surface area contributed by atoms with Crippen LogP contribution in [0.3, 0.4) is 0 Å². The fourth-order valence-corrected chi connectivity index (χ4v) is 4.24. The van der Waals surface area contributed by atoms with E-state index in [1.807, 2.05) is 6.92 Å². The van der Waals surface area contributed by atoms with Crippen molar-refractivity contribution in [3.63, 3.8) is 0 Å². The maximum absolute atomic E-state index is 12.8. The van der Waals surface area contributed by atoms with Gasteiger partial charge in [-0.15, -0.1) is 0 Å². The zero-order valence-electron chi connectivity index (χ0n) is 14.9. The van der Waals surface area contributed by atoms with Crippen molar-refractivity contribution in [2.75, 3.05) is 25.0 Å². The van der Waals surface area contributed by atoms with Crippen LogP contribution in [0, 0.1) is 0 Å². The summed E-state index contributed by atoms with van der Waals surface area (Å²) in [6, 6.07) is 10.9. The Balaban J connectivity index is 2.16. The fraction of sp³-hybridized carbons (Fsp3) is 0.278. The molecule has 0 fully saturated rings. The largest absolute Gasteiger partial charge is 0.494 e. The van der Waals surface area contributed by atoms with E-state index in [1.165, 1.54) is 12.1 Å². The first-order valence-electron chi connectivity index (χ1n) is 8.26. The van der Waals surface area contributed by atoms with E-state index in [1.54, 1.807) is 37.3 Å². The van der Waals surface area contributed by atoms with Gasteiger partial charge >= 0.3 is 0 Å². The molecule has 0 atom stereocenters. The molecule has 6 nitrogen and oxygen atoms in total. The van der Waals surface area contributed by atoms with Crippen molar-refractivity contribution < 1.29 is 17.9 Å². The minimum Gasteiger partial charge on any atom is -0.494 e. The van der Waals surface area contributed by atoms with Crippen LogP contribution >= 0.6 is 23.2 Å². The molecule has 0 aliphatic heterocycles. The average Bonchev–Trinajstić information content (AvgIpc) is 2.63. The van der Waals surface area contributed by atoms with Crippen molar-refractivity contribution in [3.05, 3.63) is 52.5 Å². The molecule has 0 radical (unpaired) electrons. The van der Waals surface area contributed by atoms with Gasteiger partial charge in [0.2, 0.25) is 15.9 Å². The van der Waals surface area contributed by atoms with Gasteiger partial charge in [-0.3, -0.25) is 4.79 Å². The van der Waals surface area contributed by atoms with Crippen molar-refractivity contribution in [2.24, 2.45) is 0 Å². The van der Waals surface area contributed by atoms with Gasteiger partial charge in [-0.2, -0.15) is 4.31 Å². The molecule has 0 bridgehead atoms. The van der Waals surface area contributed by atoms with Crippen molar-refractivity contribution in [3.8, 4) is 5.75 Å². The molecule has 0 saturated heterocycles. The molecule has 0 aliphatic rings. The van der Waals surface area contributed by atoms with E-state index in [9.17, 15) is 13.2 Å². The fourth-order valence-electron chi connectivity index (χ4n) is 2.35. The highest BCUT2D eigenvalue weighted by atomic mass is 35.5. The summed E-state index contributed by atoms with van der Waals surface area (Å²) in [4.78, 5) is 12.4. The van der Waals surface area contributed by atoms with Gasteiger partial charge in [-0.25, -0.2) is 8.42 Å². The first-order chi connectivity index (χ1) is 12.8. The number of nitrogens with zero attached hydrogens (tertiary/aromatic N) is 1. The normalized spacial score (nSPS) is 11.4. The molecule has 2 rings (SSSR count). The van der Waals surface area contributed by atoms with Gasteiger partial charge in [0.05, 0.1) is 33.8 Å². The van der Waals surface area contributed by atoms with Crippen LogP contribution in [0.25, 0.3) is 0 Å². The third kappa shape index (κ3) is 5.35. The Morgan fingerprint density at radius 1 is 1.07 bits per heavy atom. The number of likely N-dealkylation sites (N-methyl/N-ethyl adjacent to an activating group) is 1. The maximum atomic E-state index is 12.8. The van der Waals surface area contributed by atoms with Gasteiger partial charge in [0.25, 0.3) is 0 Å². The number of anilines is 1. The summed E-state index contributed by atoms with van der Waals surface area (Å²) in [5.41, 5.74) is 0.250. The van der Waals surface area contributed by atoms with E-state index in [2.05, 4.69) is 5.32 Å². The molecule has 0 unspecified atom stereocenters. The standard InChI is InChI=1S/C18H20Cl2N2O4S/c1-3-22(12-17(23)21-18-15(19)6-5-7-16(18)20)27(24,25)14-10-8-13(9-11-14)26-4-2/h5-11H,3-4,12H2,1-2H3,(H,21,23). The summed E-state index contributed by atoms with van der Waals surface area (Å²) in [6.07, 6.45) is 0. The van der Waals surface area contributed by atoms with Gasteiger partial charge in [-0.05, 0) is 43.3 Å². The molecule has 0 aromatic heterocycles. The Hall–Kier alpha value is -1.80.